The Bertz CT molecular complexity index is 474. The van der Waals surface area contributed by atoms with Gasteiger partial charge in [-0.05, 0) is 19.1 Å². The molecular formula is C14H17ClN2O2. The minimum absolute atomic E-state index is 0.142. The average Bonchev–Trinajstić information content (AvgIpc) is 2.42. The molecule has 0 bridgehead atoms. The molecule has 0 saturated carbocycles. The summed E-state index contributed by atoms with van der Waals surface area (Å²) in [6, 6.07) is 0. The van der Waals surface area contributed by atoms with Crippen LogP contribution < -0.4 is 0 Å². The van der Waals surface area contributed by atoms with Crippen LogP contribution in [0.15, 0.2) is 47.4 Å². The van der Waals surface area contributed by atoms with Crippen LogP contribution in [0.4, 0.5) is 0 Å². The summed E-state index contributed by atoms with van der Waals surface area (Å²) in [4.78, 5) is 15.8. The Hall–Kier alpha value is -1.52. The summed E-state index contributed by atoms with van der Waals surface area (Å²) in [6.45, 7) is 8.77. The number of nitrogens with zero attached hydrogens (tertiary/aromatic N) is 2. The van der Waals surface area contributed by atoms with Crippen LogP contribution in [0.1, 0.15) is 6.92 Å². The van der Waals surface area contributed by atoms with E-state index in [0.29, 0.717) is 23.9 Å². The van der Waals surface area contributed by atoms with E-state index in [-0.39, 0.29) is 5.91 Å². The third-order valence-corrected chi connectivity index (χ3v) is 3.30. The van der Waals surface area contributed by atoms with E-state index >= 15 is 0 Å². The zero-order chi connectivity index (χ0) is 13.8. The van der Waals surface area contributed by atoms with Crippen LogP contribution >= 0.6 is 11.6 Å². The second-order valence-electron chi connectivity index (χ2n) is 4.43. The summed E-state index contributed by atoms with van der Waals surface area (Å²) in [6.07, 6.45) is 6.62. The molecule has 0 aliphatic carbocycles. The lowest BCUT2D eigenvalue weighted by molar-refractivity contribution is -0.122. The molecule has 19 heavy (non-hydrogen) atoms. The molecule has 0 unspecified atom stereocenters. The number of carbonyl (C=O) groups is 1. The van der Waals surface area contributed by atoms with Gasteiger partial charge in [-0.3, -0.25) is 9.69 Å². The maximum Gasteiger partial charge on any atom is 0.256 e. The Morgan fingerprint density at radius 3 is 2.79 bits per heavy atom. The highest BCUT2D eigenvalue weighted by Gasteiger charge is 2.17. The highest BCUT2D eigenvalue weighted by atomic mass is 35.5. The van der Waals surface area contributed by atoms with Gasteiger partial charge in [0, 0.05) is 36.8 Å². The number of morpholine rings is 1. The maximum absolute atomic E-state index is 12.2. The molecule has 0 aromatic heterocycles. The van der Waals surface area contributed by atoms with Gasteiger partial charge in [0.2, 0.25) is 0 Å². The summed E-state index contributed by atoms with van der Waals surface area (Å²) >= 11 is 5.90. The third kappa shape index (κ3) is 3.49. The van der Waals surface area contributed by atoms with Gasteiger partial charge in [0.25, 0.3) is 5.91 Å². The molecule has 2 rings (SSSR count). The molecule has 0 N–H and O–H groups in total. The Morgan fingerprint density at radius 1 is 1.42 bits per heavy atom. The SMILES string of the molecule is C=C1C=CC(Cl)=CN1C(=O)/C=C(\C)N1CCOCC1. The fourth-order valence-corrected chi connectivity index (χ4v) is 2.13. The lowest BCUT2D eigenvalue weighted by atomic mass is 10.2. The van der Waals surface area contributed by atoms with Gasteiger partial charge in [-0.15, -0.1) is 0 Å². The highest BCUT2D eigenvalue weighted by Crippen LogP contribution is 2.19. The van der Waals surface area contributed by atoms with Crippen molar-refractivity contribution in [1.29, 1.82) is 0 Å². The van der Waals surface area contributed by atoms with Crippen LogP contribution in [-0.2, 0) is 9.53 Å². The van der Waals surface area contributed by atoms with Gasteiger partial charge in [0.05, 0.1) is 18.2 Å². The molecule has 0 radical (unpaired) electrons. The fourth-order valence-electron chi connectivity index (χ4n) is 1.97. The second kappa shape index (κ2) is 6.08. The summed E-state index contributed by atoms with van der Waals surface area (Å²) < 4.78 is 5.29. The van der Waals surface area contributed by atoms with Gasteiger partial charge >= 0.3 is 0 Å². The first-order chi connectivity index (χ1) is 9.08. The number of rotatable bonds is 2. The first-order valence-electron chi connectivity index (χ1n) is 6.16. The Balaban J connectivity index is 2.07. The van der Waals surface area contributed by atoms with Gasteiger partial charge in [0.1, 0.15) is 0 Å². The van der Waals surface area contributed by atoms with E-state index in [0.717, 1.165) is 18.8 Å². The second-order valence-corrected chi connectivity index (χ2v) is 4.87. The van der Waals surface area contributed by atoms with Crippen molar-refractivity contribution < 1.29 is 9.53 Å². The molecule has 1 saturated heterocycles. The smallest absolute Gasteiger partial charge is 0.256 e. The minimum atomic E-state index is -0.142. The van der Waals surface area contributed by atoms with Crippen molar-refractivity contribution in [3.8, 4) is 0 Å². The Kier molecular flexibility index (Phi) is 4.45. The van der Waals surface area contributed by atoms with E-state index in [9.17, 15) is 4.79 Å². The van der Waals surface area contributed by atoms with E-state index in [1.165, 1.54) is 4.90 Å². The predicted molar refractivity (Wildman–Crippen MR) is 75.2 cm³/mol. The van der Waals surface area contributed by atoms with E-state index < -0.39 is 0 Å². The zero-order valence-electron chi connectivity index (χ0n) is 10.9. The number of amides is 1. The summed E-state index contributed by atoms with van der Waals surface area (Å²) in [5.41, 5.74) is 1.54. The van der Waals surface area contributed by atoms with Crippen molar-refractivity contribution in [3.05, 3.63) is 47.4 Å². The number of hydrogen-bond donors (Lipinski definition) is 0. The van der Waals surface area contributed by atoms with E-state index in [4.69, 9.17) is 16.3 Å². The molecule has 2 aliphatic rings. The molecule has 5 heteroatoms. The van der Waals surface area contributed by atoms with Crippen LogP contribution in [0.2, 0.25) is 0 Å². The van der Waals surface area contributed by atoms with Crippen molar-refractivity contribution in [2.45, 2.75) is 6.92 Å². The van der Waals surface area contributed by atoms with Gasteiger partial charge in [-0.1, -0.05) is 18.2 Å². The first-order valence-corrected chi connectivity index (χ1v) is 6.54. The molecule has 0 spiro atoms. The van der Waals surface area contributed by atoms with E-state index in [1.54, 1.807) is 24.4 Å². The van der Waals surface area contributed by atoms with Gasteiger partial charge < -0.3 is 9.64 Å². The van der Waals surface area contributed by atoms with Crippen LogP contribution in [-0.4, -0.2) is 42.0 Å². The maximum atomic E-state index is 12.2. The largest absolute Gasteiger partial charge is 0.378 e. The lowest BCUT2D eigenvalue weighted by Gasteiger charge is -2.29. The van der Waals surface area contributed by atoms with Crippen molar-refractivity contribution in [2.75, 3.05) is 26.3 Å². The van der Waals surface area contributed by atoms with Gasteiger partial charge in [0.15, 0.2) is 0 Å². The fraction of sp³-hybridized carbons (Fsp3) is 0.357. The third-order valence-electron chi connectivity index (χ3n) is 3.08. The predicted octanol–water partition coefficient (Wildman–Crippen LogP) is 2.21. The van der Waals surface area contributed by atoms with Crippen molar-refractivity contribution in [2.24, 2.45) is 0 Å². The monoisotopic (exact) mass is 280 g/mol. The zero-order valence-corrected chi connectivity index (χ0v) is 11.7. The molecule has 1 amide bonds. The van der Waals surface area contributed by atoms with Crippen LogP contribution in [0.3, 0.4) is 0 Å². The Labute approximate surface area is 118 Å². The van der Waals surface area contributed by atoms with Gasteiger partial charge in [-0.2, -0.15) is 0 Å². The average molecular weight is 281 g/mol. The lowest BCUT2D eigenvalue weighted by Crippen LogP contribution is -2.35. The summed E-state index contributed by atoms with van der Waals surface area (Å²) in [5.74, 6) is -0.142. The highest BCUT2D eigenvalue weighted by molar-refractivity contribution is 6.31. The molecule has 102 valence electrons. The van der Waals surface area contributed by atoms with E-state index in [2.05, 4.69) is 11.5 Å². The molecule has 2 aliphatic heterocycles. The van der Waals surface area contributed by atoms with Crippen LogP contribution in [0.25, 0.3) is 0 Å². The number of ether oxygens (including phenoxy) is 1. The molecule has 0 aromatic carbocycles. The molecule has 0 aromatic rings. The van der Waals surface area contributed by atoms with Crippen molar-refractivity contribution in [1.82, 2.24) is 9.80 Å². The first kappa shape index (κ1) is 13.9. The quantitative estimate of drug-likeness (QED) is 0.727. The Morgan fingerprint density at radius 2 is 2.11 bits per heavy atom. The summed E-state index contributed by atoms with van der Waals surface area (Å²) in [5, 5.41) is 0.512. The van der Waals surface area contributed by atoms with Crippen molar-refractivity contribution in [3.63, 3.8) is 0 Å². The molecular weight excluding hydrogens is 264 g/mol. The molecule has 0 atom stereocenters. The van der Waals surface area contributed by atoms with Crippen LogP contribution in [0.5, 0.6) is 0 Å². The summed E-state index contributed by atoms with van der Waals surface area (Å²) in [7, 11) is 0. The van der Waals surface area contributed by atoms with Crippen molar-refractivity contribution >= 4 is 17.5 Å². The number of hydrogen-bond acceptors (Lipinski definition) is 3. The minimum Gasteiger partial charge on any atom is -0.378 e. The molecule has 1 fully saturated rings. The number of halogens is 1. The van der Waals surface area contributed by atoms with E-state index in [1.807, 2.05) is 6.92 Å². The normalized spacial score (nSPS) is 20.6. The standard InChI is InChI=1S/C14H17ClN2O2/c1-11-3-4-13(15)10-17(11)14(18)9-12(2)16-5-7-19-8-6-16/h3-4,9-10H,1,5-8H2,2H3/b12-9+. The number of carbonyl (C=O) groups excluding carboxylic acids is 1. The van der Waals surface area contributed by atoms with Gasteiger partial charge in [-0.25, -0.2) is 0 Å². The molecule has 2 heterocycles. The van der Waals surface area contributed by atoms with Crippen LogP contribution in [0, 0.1) is 0 Å². The molecule has 4 nitrogen and oxygen atoms in total. The topological polar surface area (TPSA) is 32.8 Å². The number of allylic oxidation sites excluding steroid dienone is 4.